The Balaban J connectivity index is 1.55. The van der Waals surface area contributed by atoms with E-state index in [0.717, 1.165) is 0 Å². The molecule has 0 saturated heterocycles. The summed E-state index contributed by atoms with van der Waals surface area (Å²) in [6.45, 7) is 1.11. The Hall–Kier alpha value is -3.40. The molecule has 0 aliphatic carbocycles. The Morgan fingerprint density at radius 2 is 2.00 bits per heavy atom. The standard InChI is InChI=1S/C18H15N3O6S/c1-11-19-16(27-21-11)10-28-14-7-3-2-5-12(14)18(24)26-9-15(22)20-17(23)13-6-4-8-25-13/h2-8H,9-10H2,1H3,(H,20,22,23). The van der Waals surface area contributed by atoms with Gasteiger partial charge in [-0.05, 0) is 31.2 Å². The molecule has 3 rings (SSSR count). The van der Waals surface area contributed by atoms with Crippen molar-refractivity contribution in [2.75, 3.05) is 6.61 Å². The summed E-state index contributed by atoms with van der Waals surface area (Å²) >= 11 is 1.32. The van der Waals surface area contributed by atoms with Crippen LogP contribution in [0.15, 0.2) is 56.5 Å². The number of aryl methyl sites for hydroxylation is 1. The highest BCUT2D eigenvalue weighted by Gasteiger charge is 2.17. The van der Waals surface area contributed by atoms with Gasteiger partial charge in [0.2, 0.25) is 5.89 Å². The van der Waals surface area contributed by atoms with Gasteiger partial charge in [0.05, 0.1) is 17.6 Å². The number of carbonyl (C=O) groups excluding carboxylic acids is 3. The molecule has 0 atom stereocenters. The number of thioether (sulfide) groups is 1. The van der Waals surface area contributed by atoms with E-state index in [1.807, 2.05) is 0 Å². The first-order chi connectivity index (χ1) is 13.5. The number of imide groups is 1. The fourth-order valence-electron chi connectivity index (χ4n) is 2.14. The van der Waals surface area contributed by atoms with E-state index in [-0.39, 0.29) is 11.3 Å². The summed E-state index contributed by atoms with van der Waals surface area (Å²) in [5, 5.41) is 5.78. The number of aromatic nitrogens is 2. The van der Waals surface area contributed by atoms with Crippen LogP contribution in [-0.2, 0) is 15.3 Å². The lowest BCUT2D eigenvalue weighted by molar-refractivity contribution is -0.123. The number of amides is 2. The van der Waals surface area contributed by atoms with E-state index in [2.05, 4.69) is 15.5 Å². The maximum absolute atomic E-state index is 12.3. The molecule has 0 aliphatic heterocycles. The van der Waals surface area contributed by atoms with Crippen LogP contribution in [0.5, 0.6) is 0 Å². The number of hydrogen-bond donors (Lipinski definition) is 1. The van der Waals surface area contributed by atoms with Gasteiger partial charge in [-0.2, -0.15) is 4.98 Å². The van der Waals surface area contributed by atoms with Crippen LogP contribution in [0.1, 0.15) is 32.6 Å². The van der Waals surface area contributed by atoms with Crippen molar-refractivity contribution in [3.63, 3.8) is 0 Å². The van der Waals surface area contributed by atoms with Crippen molar-refractivity contribution in [1.82, 2.24) is 15.5 Å². The van der Waals surface area contributed by atoms with Crippen LogP contribution >= 0.6 is 11.8 Å². The average molecular weight is 401 g/mol. The molecule has 0 unspecified atom stereocenters. The normalized spacial score (nSPS) is 10.5. The minimum atomic E-state index is -0.763. The molecule has 28 heavy (non-hydrogen) atoms. The van der Waals surface area contributed by atoms with Gasteiger partial charge in [0.15, 0.2) is 18.2 Å². The number of nitrogens with one attached hydrogen (secondary N) is 1. The lowest BCUT2D eigenvalue weighted by atomic mass is 10.2. The summed E-state index contributed by atoms with van der Waals surface area (Å²) in [5.74, 6) is -0.843. The van der Waals surface area contributed by atoms with Crippen LogP contribution < -0.4 is 5.32 Å². The van der Waals surface area contributed by atoms with E-state index in [1.54, 1.807) is 31.2 Å². The molecule has 2 heterocycles. The molecular formula is C18H15N3O6S. The van der Waals surface area contributed by atoms with Gasteiger partial charge in [0, 0.05) is 4.90 Å². The third kappa shape index (κ3) is 5.07. The topological polar surface area (TPSA) is 125 Å². The summed E-state index contributed by atoms with van der Waals surface area (Å²) in [6, 6.07) is 9.70. The maximum Gasteiger partial charge on any atom is 0.339 e. The molecule has 2 aromatic heterocycles. The van der Waals surface area contributed by atoms with E-state index < -0.39 is 24.4 Å². The number of esters is 1. The van der Waals surface area contributed by atoms with Crippen LogP contribution in [0.2, 0.25) is 0 Å². The average Bonchev–Trinajstić information content (AvgIpc) is 3.36. The molecule has 0 fully saturated rings. The predicted octanol–water partition coefficient (Wildman–Crippen LogP) is 2.38. The number of benzene rings is 1. The summed E-state index contributed by atoms with van der Waals surface area (Å²) in [5.41, 5.74) is 0.286. The molecular weight excluding hydrogens is 386 g/mol. The second-order valence-corrected chi connectivity index (χ2v) is 6.47. The molecule has 0 saturated carbocycles. The minimum Gasteiger partial charge on any atom is -0.459 e. The molecule has 0 spiro atoms. The Morgan fingerprint density at radius 3 is 2.71 bits per heavy atom. The molecule has 2 amide bonds. The maximum atomic E-state index is 12.3. The molecule has 10 heteroatoms. The second-order valence-electron chi connectivity index (χ2n) is 5.45. The van der Waals surface area contributed by atoms with Crippen molar-refractivity contribution < 1.29 is 28.1 Å². The van der Waals surface area contributed by atoms with Crippen LogP contribution in [0.25, 0.3) is 0 Å². The third-order valence-corrected chi connectivity index (χ3v) is 4.42. The van der Waals surface area contributed by atoms with Crippen LogP contribution in [0.3, 0.4) is 0 Å². The molecule has 1 N–H and O–H groups in total. The van der Waals surface area contributed by atoms with Crippen molar-refractivity contribution in [1.29, 1.82) is 0 Å². The second kappa shape index (κ2) is 9.00. The quantitative estimate of drug-likeness (QED) is 0.469. The van der Waals surface area contributed by atoms with Gasteiger partial charge in [0.25, 0.3) is 11.8 Å². The molecule has 0 aliphatic rings. The van der Waals surface area contributed by atoms with Crippen molar-refractivity contribution in [2.24, 2.45) is 0 Å². The predicted molar refractivity (Wildman–Crippen MR) is 96.5 cm³/mol. The van der Waals surface area contributed by atoms with E-state index >= 15 is 0 Å². The molecule has 0 bridgehead atoms. The van der Waals surface area contributed by atoms with E-state index in [0.29, 0.717) is 22.4 Å². The van der Waals surface area contributed by atoms with Gasteiger partial charge in [-0.3, -0.25) is 14.9 Å². The zero-order chi connectivity index (χ0) is 19.9. The van der Waals surface area contributed by atoms with Gasteiger partial charge in [-0.1, -0.05) is 17.3 Å². The fourth-order valence-corrected chi connectivity index (χ4v) is 3.02. The molecule has 3 aromatic rings. The highest BCUT2D eigenvalue weighted by molar-refractivity contribution is 7.98. The largest absolute Gasteiger partial charge is 0.459 e. The number of nitrogens with zero attached hydrogens (tertiary/aromatic N) is 2. The van der Waals surface area contributed by atoms with E-state index in [9.17, 15) is 14.4 Å². The zero-order valence-electron chi connectivity index (χ0n) is 14.7. The summed E-state index contributed by atoms with van der Waals surface area (Å²) < 4.78 is 14.9. The molecule has 0 radical (unpaired) electrons. The lowest BCUT2D eigenvalue weighted by Crippen LogP contribution is -2.34. The first-order valence-corrected chi connectivity index (χ1v) is 9.07. The Labute approximate surface area is 163 Å². The SMILES string of the molecule is Cc1noc(CSc2ccccc2C(=O)OCC(=O)NC(=O)c2ccco2)n1. The van der Waals surface area contributed by atoms with Gasteiger partial charge in [-0.15, -0.1) is 11.8 Å². The van der Waals surface area contributed by atoms with Crippen molar-refractivity contribution in [3.05, 3.63) is 65.7 Å². The van der Waals surface area contributed by atoms with Crippen molar-refractivity contribution in [2.45, 2.75) is 17.6 Å². The number of rotatable bonds is 7. The first-order valence-electron chi connectivity index (χ1n) is 8.09. The summed E-state index contributed by atoms with van der Waals surface area (Å²) in [6.07, 6.45) is 1.31. The van der Waals surface area contributed by atoms with Crippen LogP contribution in [0, 0.1) is 6.92 Å². The van der Waals surface area contributed by atoms with E-state index in [1.165, 1.54) is 30.2 Å². The highest BCUT2D eigenvalue weighted by atomic mass is 32.2. The van der Waals surface area contributed by atoms with Crippen LogP contribution in [-0.4, -0.2) is 34.5 Å². The first kappa shape index (κ1) is 19.4. The highest BCUT2D eigenvalue weighted by Crippen LogP contribution is 2.26. The molecule has 9 nitrogen and oxygen atoms in total. The number of hydrogen-bond acceptors (Lipinski definition) is 9. The van der Waals surface area contributed by atoms with Gasteiger partial charge in [0.1, 0.15) is 0 Å². The Bertz CT molecular complexity index is 983. The third-order valence-electron chi connectivity index (χ3n) is 3.36. The van der Waals surface area contributed by atoms with Crippen molar-refractivity contribution >= 4 is 29.5 Å². The molecule has 144 valence electrons. The van der Waals surface area contributed by atoms with Gasteiger partial charge < -0.3 is 13.7 Å². The van der Waals surface area contributed by atoms with Crippen molar-refractivity contribution in [3.8, 4) is 0 Å². The Morgan fingerprint density at radius 1 is 1.18 bits per heavy atom. The lowest BCUT2D eigenvalue weighted by Gasteiger charge is -2.08. The van der Waals surface area contributed by atoms with Gasteiger partial charge >= 0.3 is 5.97 Å². The van der Waals surface area contributed by atoms with E-state index in [4.69, 9.17) is 13.7 Å². The van der Waals surface area contributed by atoms with Crippen LogP contribution in [0.4, 0.5) is 0 Å². The number of ether oxygens (including phenoxy) is 1. The number of furan rings is 1. The monoisotopic (exact) mass is 401 g/mol. The minimum absolute atomic E-state index is 0.0160. The summed E-state index contributed by atoms with van der Waals surface area (Å²) in [4.78, 5) is 40.6. The number of carbonyl (C=O) groups is 3. The van der Waals surface area contributed by atoms with Gasteiger partial charge in [-0.25, -0.2) is 4.79 Å². The fraction of sp³-hybridized carbons (Fsp3) is 0.167. The zero-order valence-corrected chi connectivity index (χ0v) is 15.5. The smallest absolute Gasteiger partial charge is 0.339 e. The Kier molecular flexibility index (Phi) is 6.22. The molecule has 1 aromatic carbocycles. The summed E-state index contributed by atoms with van der Waals surface area (Å²) in [7, 11) is 0.